The van der Waals surface area contributed by atoms with Crippen molar-refractivity contribution in [3.05, 3.63) is 230 Å². The monoisotopic (exact) mass is 1150 g/mol. The van der Waals surface area contributed by atoms with Gasteiger partial charge in [-0.2, -0.15) is 0 Å². The average molecular weight is 1150 g/mol. The number of benzene rings is 9. The van der Waals surface area contributed by atoms with Crippen molar-refractivity contribution < 1.29 is 0 Å². The number of anilines is 6. The summed E-state index contributed by atoms with van der Waals surface area (Å²) in [5.41, 5.74) is 25.7. The second-order valence-electron chi connectivity index (χ2n) is 19.2. The molecule has 14 rings (SSSR count). The Kier molecular flexibility index (Phi) is 10.4. The van der Waals surface area contributed by atoms with Crippen LogP contribution in [-0.2, 0) is 0 Å². The molecule has 0 fully saturated rings. The van der Waals surface area contributed by atoms with Gasteiger partial charge in [-0.05, 0) is 116 Å². The molecule has 0 spiro atoms. The number of hydrogen-bond donors (Lipinski definition) is 0. The first kappa shape index (κ1) is 43.1. The molecule has 328 valence electrons. The van der Waals surface area contributed by atoms with Gasteiger partial charge in [0, 0.05) is 52.0 Å². The van der Waals surface area contributed by atoms with E-state index >= 15 is 0 Å². The minimum Gasteiger partial charge on any atom is -0.313 e. The molecule has 0 aromatic heterocycles. The van der Waals surface area contributed by atoms with Crippen molar-refractivity contribution in [2.75, 3.05) is 9.80 Å². The Morgan fingerprint density at radius 2 is 0.671 bits per heavy atom. The fourth-order valence-electron chi connectivity index (χ4n) is 12.6. The minimum absolute atomic E-state index is 0.00871. The summed E-state index contributed by atoms with van der Waals surface area (Å²) in [7, 11) is 0. The van der Waals surface area contributed by atoms with Crippen LogP contribution in [0.1, 0.15) is 12.8 Å². The Morgan fingerprint density at radius 1 is 0.343 bits per heavy atom. The van der Waals surface area contributed by atoms with E-state index in [1.165, 1.54) is 111 Å². The molecule has 9 aromatic rings. The van der Waals surface area contributed by atoms with E-state index in [2.05, 4.69) is 280 Å². The summed E-state index contributed by atoms with van der Waals surface area (Å²) in [5.74, 6) is 0. The molecule has 70 heavy (non-hydrogen) atoms. The lowest BCUT2D eigenvalue weighted by atomic mass is 9.29. The van der Waals surface area contributed by atoms with Gasteiger partial charge in [0.1, 0.15) is 0 Å². The van der Waals surface area contributed by atoms with Gasteiger partial charge in [0.2, 0.25) is 26.9 Å². The number of rotatable bonds is 5. The van der Waals surface area contributed by atoms with Gasteiger partial charge in [-0.1, -0.05) is 243 Å². The summed E-state index contributed by atoms with van der Waals surface area (Å²) in [5, 5.41) is 0. The zero-order chi connectivity index (χ0) is 46.8. The van der Waals surface area contributed by atoms with Crippen LogP contribution in [0.4, 0.5) is 34.1 Å². The van der Waals surface area contributed by atoms with Gasteiger partial charge >= 0.3 is 0 Å². The Labute approximate surface area is 444 Å². The van der Waals surface area contributed by atoms with E-state index in [9.17, 15) is 0 Å². The predicted molar refractivity (Wildman–Crippen MR) is 317 cm³/mol. The zero-order valence-corrected chi connectivity index (χ0v) is 44.1. The van der Waals surface area contributed by atoms with Crippen LogP contribution in [0.25, 0.3) is 11.1 Å². The molecular weight excluding hydrogens is 1110 g/mol. The number of fused-ring (bicyclic) bond motifs is 8. The van der Waals surface area contributed by atoms with E-state index in [4.69, 9.17) is 0 Å². The Hall–Kier alpha value is -5.76. The molecule has 4 heterocycles. The number of allylic oxidation sites excluding steroid dienone is 4. The molecule has 4 aliphatic heterocycles. The van der Waals surface area contributed by atoms with E-state index < -0.39 is 0 Å². The Balaban J connectivity index is 1.12. The Bertz CT molecular complexity index is 3600. The molecule has 9 aromatic carbocycles. The highest BCUT2D eigenvalue weighted by Crippen LogP contribution is 2.43. The predicted octanol–water partition coefficient (Wildman–Crippen LogP) is 9.57. The second kappa shape index (κ2) is 16.9. The summed E-state index contributed by atoms with van der Waals surface area (Å²) >= 11 is 15.8. The molecule has 10 heteroatoms. The van der Waals surface area contributed by atoms with E-state index in [1.54, 1.807) is 0 Å². The largest absolute Gasteiger partial charge is 0.313 e. The van der Waals surface area contributed by atoms with Gasteiger partial charge < -0.3 is 9.80 Å². The van der Waals surface area contributed by atoms with Crippen LogP contribution in [0.5, 0.6) is 0 Å². The smallest absolute Gasteiger partial charge is 0.246 e. The van der Waals surface area contributed by atoms with Crippen molar-refractivity contribution in [2.24, 2.45) is 0 Å². The van der Waals surface area contributed by atoms with Crippen LogP contribution in [-0.4, -0.2) is 26.9 Å². The first-order chi connectivity index (χ1) is 34.4. The van der Waals surface area contributed by atoms with Gasteiger partial charge in [0.15, 0.2) is 0 Å². The quantitative estimate of drug-likeness (QED) is 0.159. The zero-order valence-electron chi connectivity index (χ0n) is 37.8. The van der Waals surface area contributed by atoms with Crippen LogP contribution >= 0.6 is 63.7 Å². The molecule has 2 nitrogen and oxygen atoms in total. The Morgan fingerprint density at radius 3 is 1.00 bits per heavy atom. The lowest BCUT2D eigenvalue weighted by Gasteiger charge is -2.45. The first-order valence-corrected chi connectivity index (χ1v) is 27.2. The van der Waals surface area contributed by atoms with E-state index in [0.717, 1.165) is 30.7 Å². The first-order valence-electron chi connectivity index (χ1n) is 24.0. The molecule has 5 aliphatic rings. The highest BCUT2D eigenvalue weighted by Gasteiger charge is 2.47. The van der Waals surface area contributed by atoms with Crippen LogP contribution < -0.4 is 69.9 Å². The van der Waals surface area contributed by atoms with E-state index in [1.807, 2.05) is 0 Å². The third kappa shape index (κ3) is 6.73. The molecule has 0 saturated carbocycles. The second-order valence-corrected chi connectivity index (χ2v) is 22.8. The van der Waals surface area contributed by atoms with Crippen molar-refractivity contribution in [3.63, 3.8) is 0 Å². The number of nitrogens with zero attached hydrogens (tertiary/aromatic N) is 2. The van der Waals surface area contributed by atoms with Crippen molar-refractivity contribution in [2.45, 2.75) is 12.8 Å². The van der Waals surface area contributed by atoms with Gasteiger partial charge in [0.25, 0.3) is 0 Å². The molecule has 0 amide bonds. The molecule has 0 atom stereocenters. The number of hydrogen-bond acceptors (Lipinski definition) is 2. The maximum atomic E-state index is 3.96. The fourth-order valence-corrected chi connectivity index (χ4v) is 14.1. The highest BCUT2D eigenvalue weighted by molar-refractivity contribution is 9.11. The number of halogens is 4. The summed E-state index contributed by atoms with van der Waals surface area (Å²) in [6.07, 6.45) is 9.03. The molecule has 0 N–H and O–H groups in total. The van der Waals surface area contributed by atoms with Gasteiger partial charge in [-0.15, -0.1) is 0 Å². The van der Waals surface area contributed by atoms with E-state index in [-0.39, 0.29) is 26.9 Å². The summed E-state index contributed by atoms with van der Waals surface area (Å²) in [6, 6.07) is 71.3. The van der Waals surface area contributed by atoms with Crippen LogP contribution in [0.15, 0.2) is 230 Å². The van der Waals surface area contributed by atoms with Crippen LogP contribution in [0.3, 0.4) is 0 Å². The highest BCUT2D eigenvalue weighted by atomic mass is 79.9. The topological polar surface area (TPSA) is 6.48 Å². The fraction of sp³-hybridized carbons (Fsp3) is 0.0333. The standard InChI is InChI=1S/C60H38B4Br4N2/c65-43-21-25-55-47(33-43)61(39-13-5-1-6-14-39)51-29-37(30-52-59(51)69(55)56-26-22-44(66)34-48(56)62(52)40-15-7-2-8-16-40)38-31-53-60-54(32-38)64(42-19-11-4-12-20-42)50-36-46(68)24-28-58(50)70(60)57-27-23-45(67)35-49(57)63(53)41-17-9-3-10-18-41/h1-11,13-19,21-36H,12,20H2. The molecule has 0 unspecified atom stereocenters. The molecule has 0 saturated heterocycles. The van der Waals surface area contributed by atoms with Crippen molar-refractivity contribution in [3.8, 4) is 11.1 Å². The SMILES string of the molecule is Brc1ccc2c(c1)B(C1=CC=CCC1)c1cc(-c3cc4c5c(c3)B(c3ccccc3)c3cc(Br)ccc3N5c3ccc(Br)cc3B4c3ccccc3)cc3c1N2c1ccc(Br)cc1B3c1ccccc1. The summed E-state index contributed by atoms with van der Waals surface area (Å²) in [6.45, 7) is 0.0162. The van der Waals surface area contributed by atoms with Gasteiger partial charge in [0.05, 0.1) is 0 Å². The maximum Gasteiger partial charge on any atom is 0.246 e. The normalized spacial score (nSPS) is 14.6. The van der Waals surface area contributed by atoms with Crippen molar-refractivity contribution in [1.82, 2.24) is 0 Å². The van der Waals surface area contributed by atoms with Crippen molar-refractivity contribution >= 4 is 185 Å². The third-order valence-corrected chi connectivity index (χ3v) is 17.3. The molecule has 0 bridgehead atoms. The lowest BCUT2D eigenvalue weighted by Crippen LogP contribution is -2.65. The molecule has 1 aliphatic carbocycles. The molecule has 0 radical (unpaired) electrons. The van der Waals surface area contributed by atoms with Gasteiger partial charge in [-0.25, -0.2) is 0 Å². The average Bonchev–Trinajstić information content (AvgIpc) is 3.39. The lowest BCUT2D eigenvalue weighted by molar-refractivity contribution is 1.01. The van der Waals surface area contributed by atoms with E-state index in [0.29, 0.717) is 0 Å². The summed E-state index contributed by atoms with van der Waals surface area (Å²) < 4.78 is 4.32. The molecular formula is C60H38B4Br4N2. The van der Waals surface area contributed by atoms with Gasteiger partial charge in [-0.3, -0.25) is 0 Å². The minimum atomic E-state index is -0.0176. The van der Waals surface area contributed by atoms with Crippen molar-refractivity contribution in [1.29, 1.82) is 0 Å². The van der Waals surface area contributed by atoms with Crippen LogP contribution in [0.2, 0.25) is 0 Å². The third-order valence-electron chi connectivity index (χ3n) is 15.3. The van der Waals surface area contributed by atoms with Crippen LogP contribution in [0, 0.1) is 0 Å². The maximum absolute atomic E-state index is 3.96. The summed E-state index contributed by atoms with van der Waals surface area (Å²) in [4.78, 5) is 5.15.